The van der Waals surface area contributed by atoms with E-state index in [1.165, 1.54) is 30.3 Å². The third-order valence-electron chi connectivity index (χ3n) is 4.40. The van der Waals surface area contributed by atoms with Gasteiger partial charge in [0.1, 0.15) is 23.9 Å². The zero-order chi connectivity index (χ0) is 22.3. The van der Waals surface area contributed by atoms with Crippen LogP contribution in [0.1, 0.15) is 26.7 Å². The van der Waals surface area contributed by atoms with E-state index in [1.807, 2.05) is 0 Å². The summed E-state index contributed by atoms with van der Waals surface area (Å²) in [5, 5.41) is 5.45. The standard InChI is InChI=1S/C24H18FN3O4/c25-17-5-9-20(10-6-17)31-15-21-11-12-22(32-21)24(30)27-18-7-3-16(4-8-18)23(29)28-19-2-1-13-26-14-19/h1-14H,15H2,(H,27,30)(H,28,29). The van der Waals surface area contributed by atoms with Crippen molar-refractivity contribution in [1.82, 2.24) is 4.98 Å². The molecule has 4 rings (SSSR count). The van der Waals surface area contributed by atoms with E-state index in [4.69, 9.17) is 9.15 Å². The van der Waals surface area contributed by atoms with Crippen molar-refractivity contribution in [3.05, 3.63) is 108 Å². The average Bonchev–Trinajstić information content (AvgIpc) is 3.29. The Labute approximate surface area is 182 Å². The van der Waals surface area contributed by atoms with Crippen molar-refractivity contribution >= 4 is 23.2 Å². The zero-order valence-corrected chi connectivity index (χ0v) is 16.7. The van der Waals surface area contributed by atoms with E-state index in [2.05, 4.69) is 15.6 Å². The Morgan fingerprint density at radius 1 is 0.875 bits per heavy atom. The number of carbonyl (C=O) groups is 2. The van der Waals surface area contributed by atoms with Crippen molar-refractivity contribution in [3.63, 3.8) is 0 Å². The minimum atomic E-state index is -0.439. The van der Waals surface area contributed by atoms with Crippen LogP contribution in [0, 0.1) is 5.82 Å². The fraction of sp³-hybridized carbons (Fsp3) is 0.0417. The highest BCUT2D eigenvalue weighted by Crippen LogP contribution is 2.17. The van der Waals surface area contributed by atoms with Gasteiger partial charge in [0.15, 0.2) is 5.76 Å². The van der Waals surface area contributed by atoms with Gasteiger partial charge in [-0.25, -0.2) is 4.39 Å². The third kappa shape index (κ3) is 5.37. The maximum atomic E-state index is 12.9. The summed E-state index contributed by atoms with van der Waals surface area (Å²) >= 11 is 0. The molecule has 0 saturated carbocycles. The van der Waals surface area contributed by atoms with Gasteiger partial charge in [-0.1, -0.05) is 0 Å². The number of rotatable bonds is 7. The number of hydrogen-bond acceptors (Lipinski definition) is 5. The average molecular weight is 431 g/mol. The monoisotopic (exact) mass is 431 g/mol. The van der Waals surface area contributed by atoms with Crippen LogP contribution in [-0.2, 0) is 6.61 Å². The van der Waals surface area contributed by atoms with Crippen LogP contribution in [0.25, 0.3) is 0 Å². The lowest BCUT2D eigenvalue weighted by Crippen LogP contribution is -2.13. The SMILES string of the molecule is O=C(Nc1cccnc1)c1ccc(NC(=O)c2ccc(COc3ccc(F)cc3)o2)cc1. The normalized spacial score (nSPS) is 10.4. The topological polar surface area (TPSA) is 93.5 Å². The van der Waals surface area contributed by atoms with Crippen molar-refractivity contribution in [1.29, 1.82) is 0 Å². The zero-order valence-electron chi connectivity index (χ0n) is 16.7. The second kappa shape index (κ2) is 9.57. The third-order valence-corrected chi connectivity index (χ3v) is 4.40. The van der Waals surface area contributed by atoms with Crippen LogP contribution in [0.3, 0.4) is 0 Å². The molecular formula is C24H18FN3O4. The van der Waals surface area contributed by atoms with Crippen molar-refractivity contribution in [2.45, 2.75) is 6.61 Å². The van der Waals surface area contributed by atoms with Gasteiger partial charge in [0.25, 0.3) is 11.8 Å². The molecule has 32 heavy (non-hydrogen) atoms. The summed E-state index contributed by atoms with van der Waals surface area (Å²) in [4.78, 5) is 28.7. The molecule has 0 fully saturated rings. The highest BCUT2D eigenvalue weighted by Gasteiger charge is 2.13. The second-order valence-corrected chi connectivity index (χ2v) is 6.74. The molecule has 0 atom stereocenters. The molecule has 0 spiro atoms. The van der Waals surface area contributed by atoms with Gasteiger partial charge >= 0.3 is 0 Å². The number of hydrogen-bond donors (Lipinski definition) is 2. The van der Waals surface area contributed by atoms with Crippen molar-refractivity contribution in [2.24, 2.45) is 0 Å². The first-order valence-corrected chi connectivity index (χ1v) is 9.67. The molecule has 0 aliphatic heterocycles. The number of amides is 2. The van der Waals surface area contributed by atoms with E-state index in [0.29, 0.717) is 28.4 Å². The van der Waals surface area contributed by atoms with Crippen LogP contribution in [0.2, 0.25) is 0 Å². The molecule has 0 aliphatic rings. The molecule has 7 nitrogen and oxygen atoms in total. The molecule has 160 valence electrons. The fourth-order valence-corrected chi connectivity index (χ4v) is 2.80. The van der Waals surface area contributed by atoms with Crippen LogP contribution in [0.4, 0.5) is 15.8 Å². The number of pyridine rings is 1. The predicted octanol–water partition coefficient (Wildman–Crippen LogP) is 4.90. The molecule has 2 amide bonds. The number of aromatic nitrogens is 1. The summed E-state index contributed by atoms with van der Waals surface area (Å²) in [6.07, 6.45) is 3.17. The minimum Gasteiger partial charge on any atom is -0.486 e. The van der Waals surface area contributed by atoms with Crippen LogP contribution in [-0.4, -0.2) is 16.8 Å². The summed E-state index contributed by atoms with van der Waals surface area (Å²) in [6.45, 7) is 0.0969. The number of nitrogens with one attached hydrogen (secondary N) is 2. The lowest BCUT2D eigenvalue weighted by Gasteiger charge is -2.07. The Kier molecular flexibility index (Phi) is 6.22. The molecule has 2 heterocycles. The first-order valence-electron chi connectivity index (χ1n) is 9.67. The summed E-state index contributed by atoms with van der Waals surface area (Å²) < 4.78 is 23.9. The Hall–Kier alpha value is -4.46. The van der Waals surface area contributed by atoms with Crippen LogP contribution in [0.5, 0.6) is 5.75 Å². The smallest absolute Gasteiger partial charge is 0.291 e. The Morgan fingerprint density at radius 3 is 2.34 bits per heavy atom. The molecule has 0 radical (unpaired) electrons. The lowest BCUT2D eigenvalue weighted by atomic mass is 10.2. The number of nitrogens with zero attached hydrogens (tertiary/aromatic N) is 1. The minimum absolute atomic E-state index is 0.0969. The van der Waals surface area contributed by atoms with Crippen molar-refractivity contribution < 1.29 is 23.1 Å². The molecule has 0 aliphatic carbocycles. The largest absolute Gasteiger partial charge is 0.486 e. The maximum absolute atomic E-state index is 12.9. The first kappa shape index (κ1) is 20.8. The maximum Gasteiger partial charge on any atom is 0.291 e. The molecule has 0 saturated heterocycles. The molecule has 4 aromatic rings. The van der Waals surface area contributed by atoms with Gasteiger partial charge < -0.3 is 19.8 Å². The summed E-state index contributed by atoms with van der Waals surface area (Å²) in [5.41, 5.74) is 1.53. The van der Waals surface area contributed by atoms with E-state index < -0.39 is 5.91 Å². The first-order chi connectivity index (χ1) is 15.6. The van der Waals surface area contributed by atoms with Crippen molar-refractivity contribution in [3.8, 4) is 5.75 Å². The van der Waals surface area contributed by atoms with Crippen LogP contribution >= 0.6 is 0 Å². The summed E-state index contributed by atoms with van der Waals surface area (Å²) in [6, 6.07) is 18.7. The number of anilines is 2. The summed E-state index contributed by atoms with van der Waals surface area (Å²) in [5.74, 6) is -0.0285. The van der Waals surface area contributed by atoms with Gasteiger partial charge in [0, 0.05) is 17.4 Å². The van der Waals surface area contributed by atoms with E-state index in [9.17, 15) is 14.0 Å². The van der Waals surface area contributed by atoms with Crippen LogP contribution < -0.4 is 15.4 Å². The molecule has 8 heteroatoms. The van der Waals surface area contributed by atoms with Gasteiger partial charge in [0.2, 0.25) is 0 Å². The van der Waals surface area contributed by atoms with Crippen LogP contribution in [0.15, 0.2) is 89.6 Å². The van der Waals surface area contributed by atoms with Gasteiger partial charge in [-0.05, 0) is 72.8 Å². The number of ether oxygens (including phenoxy) is 1. The number of furan rings is 1. The van der Waals surface area contributed by atoms with Gasteiger partial charge in [0.05, 0.1) is 11.9 Å². The number of benzene rings is 2. The molecule has 0 bridgehead atoms. The fourth-order valence-electron chi connectivity index (χ4n) is 2.80. The number of halogens is 1. The highest BCUT2D eigenvalue weighted by molar-refractivity contribution is 6.05. The van der Waals surface area contributed by atoms with E-state index in [0.717, 1.165) is 0 Å². The molecule has 2 N–H and O–H groups in total. The molecule has 2 aromatic heterocycles. The van der Waals surface area contributed by atoms with E-state index in [1.54, 1.807) is 54.9 Å². The Morgan fingerprint density at radius 2 is 1.62 bits per heavy atom. The molecular weight excluding hydrogens is 413 g/mol. The number of carbonyl (C=O) groups excluding carboxylic acids is 2. The van der Waals surface area contributed by atoms with Gasteiger partial charge in [-0.15, -0.1) is 0 Å². The highest BCUT2D eigenvalue weighted by atomic mass is 19.1. The van der Waals surface area contributed by atoms with E-state index in [-0.39, 0.29) is 24.1 Å². The predicted molar refractivity (Wildman–Crippen MR) is 116 cm³/mol. The Balaban J connectivity index is 1.31. The summed E-state index contributed by atoms with van der Waals surface area (Å²) in [7, 11) is 0. The Bertz CT molecular complexity index is 1210. The molecule has 2 aromatic carbocycles. The quantitative estimate of drug-likeness (QED) is 0.434. The van der Waals surface area contributed by atoms with Gasteiger partial charge in [-0.2, -0.15) is 0 Å². The van der Waals surface area contributed by atoms with E-state index >= 15 is 0 Å². The molecule has 0 unspecified atom stereocenters. The lowest BCUT2D eigenvalue weighted by molar-refractivity contribution is 0.0991. The van der Waals surface area contributed by atoms with Crippen molar-refractivity contribution in [2.75, 3.05) is 10.6 Å². The van der Waals surface area contributed by atoms with Gasteiger partial charge in [-0.3, -0.25) is 14.6 Å². The second-order valence-electron chi connectivity index (χ2n) is 6.74.